The Labute approximate surface area is 171 Å². The first-order valence-electron chi connectivity index (χ1n) is 9.26. The van der Waals surface area contributed by atoms with Crippen molar-refractivity contribution < 1.29 is 19.4 Å². The van der Waals surface area contributed by atoms with Gasteiger partial charge in [0.15, 0.2) is 0 Å². The second-order valence-corrected chi connectivity index (χ2v) is 7.53. The summed E-state index contributed by atoms with van der Waals surface area (Å²) in [6.45, 7) is 1.19. The molecular weight excluding hydrogens is 392 g/mol. The molecule has 0 aromatic carbocycles. The minimum atomic E-state index is -0.447. The fourth-order valence-electron chi connectivity index (χ4n) is 3.37. The number of carbonyl (C=O) groups excluding carboxylic acids is 2. The lowest BCUT2D eigenvalue weighted by molar-refractivity contribution is -0.0222. The summed E-state index contributed by atoms with van der Waals surface area (Å²) in [7, 11) is 0. The molecule has 0 spiro atoms. The summed E-state index contributed by atoms with van der Waals surface area (Å²) in [5.41, 5.74) is 1.25. The van der Waals surface area contributed by atoms with Gasteiger partial charge in [0.2, 0.25) is 0 Å². The molecule has 0 bridgehead atoms. The van der Waals surface area contributed by atoms with Crippen LogP contribution in [0.1, 0.15) is 31.7 Å². The van der Waals surface area contributed by atoms with Gasteiger partial charge in [0.25, 0.3) is 11.8 Å². The van der Waals surface area contributed by atoms with Crippen molar-refractivity contribution in [1.29, 1.82) is 0 Å². The molecule has 3 aromatic heterocycles. The van der Waals surface area contributed by atoms with Gasteiger partial charge in [0.1, 0.15) is 15.8 Å². The smallest absolute Gasteiger partial charge is 0.261 e. The third-order valence-electron chi connectivity index (χ3n) is 4.69. The van der Waals surface area contributed by atoms with Gasteiger partial charge in [-0.2, -0.15) is 0 Å². The van der Waals surface area contributed by atoms with Crippen LogP contribution in [0.4, 0.5) is 0 Å². The molecule has 3 aromatic rings. The number of hydrogen-bond donors (Lipinski definition) is 2. The number of morpholine rings is 1. The van der Waals surface area contributed by atoms with E-state index in [4.69, 9.17) is 9.84 Å². The van der Waals surface area contributed by atoms with E-state index in [1.54, 1.807) is 35.6 Å². The quantitative estimate of drug-likeness (QED) is 0.660. The topological polar surface area (TPSA) is 105 Å². The summed E-state index contributed by atoms with van der Waals surface area (Å²) in [4.78, 5) is 36.9. The molecule has 1 aliphatic heterocycles. The summed E-state index contributed by atoms with van der Waals surface area (Å²) in [5.74, 6) is -0.397. The zero-order valence-corrected chi connectivity index (χ0v) is 16.4. The van der Waals surface area contributed by atoms with Crippen LogP contribution in [0.2, 0.25) is 0 Å². The van der Waals surface area contributed by atoms with E-state index >= 15 is 0 Å². The van der Waals surface area contributed by atoms with E-state index in [0.717, 1.165) is 15.8 Å². The maximum Gasteiger partial charge on any atom is 0.261 e. The minimum Gasteiger partial charge on any atom is -0.395 e. The number of ether oxygens (including phenoxy) is 1. The number of amides is 2. The fourth-order valence-corrected chi connectivity index (χ4v) is 4.48. The molecule has 0 saturated carbocycles. The van der Waals surface area contributed by atoms with Crippen molar-refractivity contribution in [3.05, 3.63) is 58.9 Å². The molecule has 2 amide bonds. The van der Waals surface area contributed by atoms with Gasteiger partial charge < -0.3 is 20.1 Å². The van der Waals surface area contributed by atoms with Crippen LogP contribution in [-0.2, 0) is 4.74 Å². The Bertz CT molecular complexity index is 1020. The summed E-state index contributed by atoms with van der Waals surface area (Å²) in [6, 6.07) is 7.18. The van der Waals surface area contributed by atoms with Gasteiger partial charge >= 0.3 is 0 Å². The predicted molar refractivity (Wildman–Crippen MR) is 108 cm³/mol. The number of fused-ring (bicyclic) bond motifs is 1. The van der Waals surface area contributed by atoms with E-state index in [1.165, 1.54) is 11.3 Å². The molecule has 1 fully saturated rings. The highest BCUT2D eigenvalue weighted by Gasteiger charge is 2.32. The SMILES string of the molecule is O=C(NCCO)c1sc2ncccc2c1[C@H]1CN(C(=O)c2cccnc2)CCO1. The molecule has 9 heteroatoms. The van der Waals surface area contributed by atoms with Crippen molar-refractivity contribution >= 4 is 33.4 Å². The lowest BCUT2D eigenvalue weighted by Gasteiger charge is -2.33. The first-order chi connectivity index (χ1) is 14.2. The first kappa shape index (κ1) is 19.4. The molecule has 0 radical (unpaired) electrons. The lowest BCUT2D eigenvalue weighted by atomic mass is 10.0. The molecule has 1 aliphatic rings. The number of aliphatic hydroxyl groups excluding tert-OH is 1. The second-order valence-electron chi connectivity index (χ2n) is 6.53. The van der Waals surface area contributed by atoms with Crippen molar-refractivity contribution in [2.45, 2.75) is 6.10 Å². The number of nitrogens with one attached hydrogen (secondary N) is 1. The Kier molecular flexibility index (Phi) is 5.79. The molecular formula is C20H20N4O4S. The fraction of sp³-hybridized carbons (Fsp3) is 0.300. The Morgan fingerprint density at radius 1 is 1.31 bits per heavy atom. The van der Waals surface area contributed by atoms with Gasteiger partial charge in [0, 0.05) is 42.6 Å². The zero-order valence-electron chi connectivity index (χ0n) is 15.6. The van der Waals surface area contributed by atoms with Crippen molar-refractivity contribution in [3.8, 4) is 0 Å². The average Bonchev–Trinajstić information content (AvgIpc) is 3.17. The van der Waals surface area contributed by atoms with Gasteiger partial charge in [-0.15, -0.1) is 11.3 Å². The highest BCUT2D eigenvalue weighted by atomic mass is 32.1. The Balaban J connectivity index is 1.66. The van der Waals surface area contributed by atoms with Gasteiger partial charge in [-0.05, 0) is 18.2 Å². The molecule has 2 N–H and O–H groups in total. The van der Waals surface area contributed by atoms with Crippen molar-refractivity contribution in [3.63, 3.8) is 0 Å². The Hall–Kier alpha value is -2.88. The van der Waals surface area contributed by atoms with E-state index in [1.807, 2.05) is 12.1 Å². The number of rotatable bonds is 5. The van der Waals surface area contributed by atoms with E-state index in [2.05, 4.69) is 15.3 Å². The van der Waals surface area contributed by atoms with E-state index < -0.39 is 6.10 Å². The number of aliphatic hydroxyl groups is 1. The molecule has 8 nitrogen and oxygen atoms in total. The van der Waals surface area contributed by atoms with Crippen LogP contribution >= 0.6 is 11.3 Å². The zero-order chi connectivity index (χ0) is 20.2. The first-order valence-corrected chi connectivity index (χ1v) is 10.1. The van der Waals surface area contributed by atoms with Crippen LogP contribution in [0.5, 0.6) is 0 Å². The number of thiophene rings is 1. The standard InChI is InChI=1S/C20H20N4O4S/c25-9-7-22-18(26)17-16(14-4-2-6-23-19(14)29-17)15-12-24(8-10-28-15)20(27)13-3-1-5-21-11-13/h1-6,11,15,25H,7-10,12H2,(H,22,26)/t15-/m1/s1. The number of carbonyl (C=O) groups is 2. The highest BCUT2D eigenvalue weighted by Crippen LogP contribution is 2.37. The predicted octanol–water partition coefficient (Wildman–Crippen LogP) is 1.63. The second kappa shape index (κ2) is 8.64. The van der Waals surface area contributed by atoms with Crippen LogP contribution in [0.3, 0.4) is 0 Å². The summed E-state index contributed by atoms with van der Waals surface area (Å²) in [6.07, 6.45) is 4.40. The Morgan fingerprint density at radius 3 is 2.97 bits per heavy atom. The molecule has 4 heterocycles. The maximum absolute atomic E-state index is 12.9. The molecule has 1 saturated heterocycles. The number of hydrogen-bond acceptors (Lipinski definition) is 7. The van der Waals surface area contributed by atoms with E-state index in [9.17, 15) is 9.59 Å². The molecule has 150 valence electrons. The minimum absolute atomic E-state index is 0.115. The van der Waals surface area contributed by atoms with Crippen molar-refractivity contribution in [1.82, 2.24) is 20.2 Å². The van der Waals surface area contributed by atoms with Crippen LogP contribution in [0, 0.1) is 0 Å². The highest BCUT2D eigenvalue weighted by molar-refractivity contribution is 7.20. The largest absolute Gasteiger partial charge is 0.395 e. The molecule has 0 aliphatic carbocycles. The summed E-state index contributed by atoms with van der Waals surface area (Å²) in [5, 5.41) is 12.6. The van der Waals surface area contributed by atoms with Crippen molar-refractivity contribution in [2.24, 2.45) is 0 Å². The van der Waals surface area contributed by atoms with Gasteiger partial charge in [-0.25, -0.2) is 4.98 Å². The molecule has 1 atom stereocenters. The monoisotopic (exact) mass is 412 g/mol. The van der Waals surface area contributed by atoms with Crippen LogP contribution in [0.25, 0.3) is 10.2 Å². The summed E-state index contributed by atoms with van der Waals surface area (Å²) < 4.78 is 5.98. The molecule has 0 unspecified atom stereocenters. The third kappa shape index (κ3) is 3.98. The summed E-state index contributed by atoms with van der Waals surface area (Å²) >= 11 is 1.28. The third-order valence-corrected chi connectivity index (χ3v) is 5.82. The van der Waals surface area contributed by atoms with E-state index in [0.29, 0.717) is 30.1 Å². The van der Waals surface area contributed by atoms with Gasteiger partial charge in [-0.3, -0.25) is 14.6 Å². The van der Waals surface area contributed by atoms with E-state index in [-0.39, 0.29) is 25.0 Å². The van der Waals surface area contributed by atoms with Gasteiger partial charge in [0.05, 0.1) is 25.3 Å². The van der Waals surface area contributed by atoms with Crippen LogP contribution < -0.4 is 5.32 Å². The maximum atomic E-state index is 12.9. The van der Waals surface area contributed by atoms with Gasteiger partial charge in [-0.1, -0.05) is 6.07 Å². The van der Waals surface area contributed by atoms with Crippen LogP contribution in [-0.4, -0.2) is 64.6 Å². The Morgan fingerprint density at radius 2 is 2.17 bits per heavy atom. The average molecular weight is 412 g/mol. The number of aromatic nitrogens is 2. The molecule has 29 heavy (non-hydrogen) atoms. The normalized spacial score (nSPS) is 16.7. The number of pyridine rings is 2. The lowest BCUT2D eigenvalue weighted by Crippen LogP contribution is -2.42. The number of nitrogens with zero attached hydrogens (tertiary/aromatic N) is 3. The van der Waals surface area contributed by atoms with Crippen molar-refractivity contribution in [2.75, 3.05) is 32.8 Å². The van der Waals surface area contributed by atoms with Crippen LogP contribution in [0.15, 0.2) is 42.9 Å². The molecule has 4 rings (SSSR count).